The molecule has 0 amide bonds. The summed E-state index contributed by atoms with van der Waals surface area (Å²) in [5.74, 6) is 2.50. The Morgan fingerprint density at radius 2 is 1.84 bits per heavy atom. The van der Waals surface area contributed by atoms with Gasteiger partial charge in [0, 0.05) is 17.9 Å². The number of ether oxygens (including phenoxy) is 3. The zero-order valence-corrected chi connectivity index (χ0v) is 13.2. The standard InChI is InChI=1S/C15H23BrO3/c1-7-8-6-9-12(7)15(17-2)19-11-5-3-4-10(11)18-14(9)13(8)16/h7-15H,3-6H2,1-2H3/t7-,8+,9?,10-,11+,12+,13+,14+,15+/m0/s1. The summed E-state index contributed by atoms with van der Waals surface area (Å²) in [6.45, 7) is 2.36. The van der Waals surface area contributed by atoms with E-state index in [0.717, 1.165) is 18.8 Å². The Labute approximate surface area is 123 Å². The smallest absolute Gasteiger partial charge is 0.161 e. The zero-order chi connectivity index (χ0) is 13.1. The van der Waals surface area contributed by atoms with Gasteiger partial charge in [0.2, 0.25) is 0 Å². The summed E-state index contributed by atoms with van der Waals surface area (Å²) in [5.41, 5.74) is 0. The fraction of sp³-hybridized carbons (Fsp3) is 1.00. The summed E-state index contributed by atoms with van der Waals surface area (Å²) < 4.78 is 18.5. The molecule has 1 aliphatic heterocycles. The van der Waals surface area contributed by atoms with E-state index in [-0.39, 0.29) is 12.4 Å². The zero-order valence-electron chi connectivity index (χ0n) is 11.6. The van der Waals surface area contributed by atoms with E-state index in [4.69, 9.17) is 14.2 Å². The molecule has 9 atom stereocenters. The molecule has 2 bridgehead atoms. The van der Waals surface area contributed by atoms with Crippen molar-refractivity contribution in [3.05, 3.63) is 0 Å². The average Bonchev–Trinajstić information content (AvgIpc) is 3.02. The third-order valence-corrected chi connectivity index (χ3v) is 7.25. The minimum absolute atomic E-state index is 0.0259. The van der Waals surface area contributed by atoms with Crippen LogP contribution < -0.4 is 0 Å². The van der Waals surface area contributed by atoms with Gasteiger partial charge in [0.15, 0.2) is 6.29 Å². The molecular weight excluding hydrogens is 308 g/mol. The minimum Gasteiger partial charge on any atom is -0.371 e. The van der Waals surface area contributed by atoms with Crippen LogP contribution in [0.1, 0.15) is 32.6 Å². The molecule has 4 heteroatoms. The largest absolute Gasteiger partial charge is 0.371 e. The summed E-state index contributed by atoms with van der Waals surface area (Å²) in [5, 5.41) is 0. The lowest BCUT2D eigenvalue weighted by atomic mass is 9.78. The van der Waals surface area contributed by atoms with Gasteiger partial charge in [-0.1, -0.05) is 22.9 Å². The molecule has 1 heterocycles. The van der Waals surface area contributed by atoms with Crippen LogP contribution in [0, 0.1) is 23.7 Å². The van der Waals surface area contributed by atoms with Crippen molar-refractivity contribution in [3.63, 3.8) is 0 Å². The topological polar surface area (TPSA) is 27.7 Å². The summed E-state index contributed by atoms with van der Waals surface area (Å²) in [6, 6.07) is 0. The van der Waals surface area contributed by atoms with Gasteiger partial charge in [-0.25, -0.2) is 0 Å². The normalized spacial score (nSPS) is 59.8. The highest BCUT2D eigenvalue weighted by molar-refractivity contribution is 9.09. The maximum absolute atomic E-state index is 6.47. The average molecular weight is 331 g/mol. The van der Waals surface area contributed by atoms with E-state index in [9.17, 15) is 0 Å². The van der Waals surface area contributed by atoms with Crippen molar-refractivity contribution in [2.75, 3.05) is 7.11 Å². The van der Waals surface area contributed by atoms with Gasteiger partial charge in [0.05, 0.1) is 18.3 Å². The molecule has 0 aromatic rings. The van der Waals surface area contributed by atoms with Gasteiger partial charge in [0.25, 0.3) is 0 Å². The summed E-state index contributed by atoms with van der Waals surface area (Å²) in [7, 11) is 1.80. The monoisotopic (exact) mass is 330 g/mol. The summed E-state index contributed by atoms with van der Waals surface area (Å²) in [6.07, 6.45) is 5.65. The highest BCUT2D eigenvalue weighted by atomic mass is 79.9. The van der Waals surface area contributed by atoms with Crippen molar-refractivity contribution in [2.24, 2.45) is 23.7 Å². The molecule has 3 saturated carbocycles. The fourth-order valence-electron chi connectivity index (χ4n) is 5.12. The quantitative estimate of drug-likeness (QED) is 0.692. The summed E-state index contributed by atoms with van der Waals surface area (Å²) in [4.78, 5) is 0.528. The van der Waals surface area contributed by atoms with Crippen LogP contribution in [-0.2, 0) is 14.2 Å². The van der Waals surface area contributed by atoms with Crippen molar-refractivity contribution in [1.82, 2.24) is 0 Å². The van der Waals surface area contributed by atoms with Crippen LogP contribution in [0.3, 0.4) is 0 Å². The Bertz CT molecular complexity index is 363. The van der Waals surface area contributed by atoms with E-state index in [2.05, 4.69) is 22.9 Å². The first-order valence-corrected chi connectivity index (χ1v) is 8.60. The third-order valence-electron chi connectivity index (χ3n) is 6.05. The number of rotatable bonds is 1. The molecule has 0 spiro atoms. The molecule has 4 rings (SSSR count). The lowest BCUT2D eigenvalue weighted by Gasteiger charge is -2.45. The van der Waals surface area contributed by atoms with Gasteiger partial charge in [-0.05, 0) is 43.4 Å². The van der Waals surface area contributed by atoms with E-state index in [0.29, 0.717) is 34.8 Å². The van der Waals surface area contributed by atoms with Gasteiger partial charge >= 0.3 is 0 Å². The van der Waals surface area contributed by atoms with Gasteiger partial charge in [0.1, 0.15) is 0 Å². The van der Waals surface area contributed by atoms with Crippen molar-refractivity contribution in [3.8, 4) is 0 Å². The van der Waals surface area contributed by atoms with Crippen molar-refractivity contribution >= 4 is 15.9 Å². The van der Waals surface area contributed by atoms with E-state index in [1.807, 2.05) is 0 Å². The predicted molar refractivity (Wildman–Crippen MR) is 75.1 cm³/mol. The molecule has 0 radical (unpaired) electrons. The van der Waals surface area contributed by atoms with E-state index >= 15 is 0 Å². The first-order chi connectivity index (χ1) is 9.20. The first-order valence-electron chi connectivity index (χ1n) is 7.68. The maximum atomic E-state index is 6.47. The fourth-order valence-corrected chi connectivity index (χ4v) is 6.33. The second-order valence-corrected chi connectivity index (χ2v) is 7.85. The second-order valence-electron chi connectivity index (χ2n) is 6.79. The van der Waals surface area contributed by atoms with Gasteiger partial charge in [-0.2, -0.15) is 0 Å². The first kappa shape index (κ1) is 13.1. The van der Waals surface area contributed by atoms with E-state index in [1.165, 1.54) is 12.8 Å². The van der Waals surface area contributed by atoms with Crippen LogP contribution in [0.25, 0.3) is 0 Å². The summed E-state index contributed by atoms with van der Waals surface area (Å²) >= 11 is 3.92. The van der Waals surface area contributed by atoms with Crippen molar-refractivity contribution in [2.45, 2.75) is 62.0 Å². The number of hydrogen-bond donors (Lipinski definition) is 0. The molecule has 3 nitrogen and oxygen atoms in total. The molecule has 1 saturated heterocycles. The molecule has 0 aromatic heterocycles. The minimum atomic E-state index is -0.0259. The Hall–Kier alpha value is 0.360. The lowest BCUT2D eigenvalue weighted by molar-refractivity contribution is -0.252. The Morgan fingerprint density at radius 3 is 2.53 bits per heavy atom. The molecule has 108 valence electrons. The SMILES string of the molecule is CO[C@@H]1O[C@@H]2CCC[C@@H]2O[C@@H]2C3C[C@H]([C@H](C)[C@H]31)[C@H]2Br. The number of halogens is 1. The molecular formula is C15H23BrO3. The van der Waals surface area contributed by atoms with Crippen LogP contribution in [0.2, 0.25) is 0 Å². The Balaban J connectivity index is 1.67. The highest BCUT2D eigenvalue weighted by Gasteiger charge is 2.61. The molecule has 0 N–H and O–H groups in total. The van der Waals surface area contributed by atoms with Gasteiger partial charge < -0.3 is 14.2 Å². The van der Waals surface area contributed by atoms with Gasteiger partial charge in [-0.3, -0.25) is 0 Å². The van der Waals surface area contributed by atoms with Crippen LogP contribution in [0.15, 0.2) is 0 Å². The lowest BCUT2D eigenvalue weighted by Crippen LogP contribution is -2.51. The molecule has 19 heavy (non-hydrogen) atoms. The maximum Gasteiger partial charge on any atom is 0.161 e. The number of hydrogen-bond acceptors (Lipinski definition) is 3. The predicted octanol–water partition coefficient (Wildman–Crippen LogP) is 2.96. The Morgan fingerprint density at radius 1 is 1.11 bits per heavy atom. The van der Waals surface area contributed by atoms with Crippen molar-refractivity contribution in [1.29, 1.82) is 0 Å². The molecule has 4 fully saturated rings. The van der Waals surface area contributed by atoms with Gasteiger partial charge in [-0.15, -0.1) is 0 Å². The van der Waals surface area contributed by atoms with Crippen LogP contribution in [-0.4, -0.2) is 36.5 Å². The number of fused-ring (bicyclic) bond motifs is 2. The number of methoxy groups -OCH3 is 1. The third kappa shape index (κ3) is 1.79. The van der Waals surface area contributed by atoms with Crippen LogP contribution in [0.4, 0.5) is 0 Å². The molecule has 4 aliphatic rings. The van der Waals surface area contributed by atoms with E-state index < -0.39 is 0 Å². The van der Waals surface area contributed by atoms with E-state index in [1.54, 1.807) is 7.11 Å². The highest BCUT2D eigenvalue weighted by Crippen LogP contribution is 2.58. The molecule has 1 unspecified atom stereocenters. The van der Waals surface area contributed by atoms with Crippen LogP contribution in [0.5, 0.6) is 0 Å². The van der Waals surface area contributed by atoms with Crippen LogP contribution >= 0.6 is 15.9 Å². The number of alkyl halides is 1. The Kier molecular flexibility index (Phi) is 3.22. The second kappa shape index (κ2) is 4.69. The molecule has 0 aromatic carbocycles. The molecule has 3 aliphatic carbocycles. The van der Waals surface area contributed by atoms with Crippen molar-refractivity contribution < 1.29 is 14.2 Å².